The molecule has 0 bridgehead atoms. The van der Waals surface area contributed by atoms with Crippen molar-refractivity contribution >= 4 is 5.69 Å². The third kappa shape index (κ3) is 2.32. The highest BCUT2D eigenvalue weighted by Gasteiger charge is 2.24. The molecule has 15 heavy (non-hydrogen) atoms. The molecule has 1 aromatic rings. The summed E-state index contributed by atoms with van der Waals surface area (Å²) < 4.78 is 0. The zero-order chi connectivity index (χ0) is 10.8. The molecule has 1 heterocycles. The van der Waals surface area contributed by atoms with E-state index in [2.05, 4.69) is 30.9 Å². The van der Waals surface area contributed by atoms with Crippen LogP contribution in [0.4, 0.5) is 5.69 Å². The summed E-state index contributed by atoms with van der Waals surface area (Å²) in [6.45, 7) is 6.96. The van der Waals surface area contributed by atoms with E-state index in [0.29, 0.717) is 12.0 Å². The molecule has 1 aliphatic heterocycles. The SMILES string of the molecule is CC(C)N1CC[C@H](c2ccc(N)cc2)C1. The van der Waals surface area contributed by atoms with Crippen LogP contribution in [0, 0.1) is 0 Å². The van der Waals surface area contributed by atoms with Crippen molar-refractivity contribution in [3.8, 4) is 0 Å². The minimum absolute atomic E-state index is 0.670. The van der Waals surface area contributed by atoms with E-state index in [1.54, 1.807) is 0 Å². The van der Waals surface area contributed by atoms with Gasteiger partial charge < -0.3 is 10.6 Å². The number of benzene rings is 1. The fourth-order valence-electron chi connectivity index (χ4n) is 2.30. The monoisotopic (exact) mass is 204 g/mol. The van der Waals surface area contributed by atoms with Crippen LogP contribution in [0.3, 0.4) is 0 Å². The molecule has 1 saturated heterocycles. The predicted octanol–water partition coefficient (Wildman–Crippen LogP) is 2.47. The van der Waals surface area contributed by atoms with Crippen LogP contribution in [0.5, 0.6) is 0 Å². The first-order valence-corrected chi connectivity index (χ1v) is 5.76. The highest BCUT2D eigenvalue weighted by molar-refractivity contribution is 5.40. The van der Waals surface area contributed by atoms with Gasteiger partial charge in [-0.05, 0) is 50.4 Å². The Morgan fingerprint density at radius 3 is 2.47 bits per heavy atom. The van der Waals surface area contributed by atoms with Gasteiger partial charge in [-0.2, -0.15) is 0 Å². The summed E-state index contributed by atoms with van der Waals surface area (Å²) in [6, 6.07) is 9.03. The fraction of sp³-hybridized carbons (Fsp3) is 0.538. The third-order valence-electron chi connectivity index (χ3n) is 3.36. The van der Waals surface area contributed by atoms with E-state index in [9.17, 15) is 0 Å². The van der Waals surface area contributed by atoms with Gasteiger partial charge in [0.15, 0.2) is 0 Å². The lowest BCUT2D eigenvalue weighted by molar-refractivity contribution is 0.272. The molecule has 2 nitrogen and oxygen atoms in total. The van der Waals surface area contributed by atoms with Crippen molar-refractivity contribution in [2.45, 2.75) is 32.2 Å². The number of nitrogen functional groups attached to an aromatic ring is 1. The maximum absolute atomic E-state index is 5.69. The first-order chi connectivity index (χ1) is 7.16. The number of hydrogen-bond acceptors (Lipinski definition) is 2. The Bertz CT molecular complexity index is 316. The molecule has 1 aliphatic rings. The van der Waals surface area contributed by atoms with E-state index in [-0.39, 0.29) is 0 Å². The van der Waals surface area contributed by atoms with Gasteiger partial charge in [0.2, 0.25) is 0 Å². The van der Waals surface area contributed by atoms with Crippen molar-refractivity contribution in [2.24, 2.45) is 0 Å². The molecule has 0 saturated carbocycles. The maximum atomic E-state index is 5.69. The van der Waals surface area contributed by atoms with Gasteiger partial charge in [-0.25, -0.2) is 0 Å². The lowest BCUT2D eigenvalue weighted by Gasteiger charge is -2.20. The molecule has 0 amide bonds. The van der Waals surface area contributed by atoms with Gasteiger partial charge >= 0.3 is 0 Å². The molecule has 2 heteroatoms. The Morgan fingerprint density at radius 2 is 1.93 bits per heavy atom. The van der Waals surface area contributed by atoms with E-state index in [1.165, 1.54) is 25.1 Å². The average molecular weight is 204 g/mol. The van der Waals surface area contributed by atoms with Crippen molar-refractivity contribution in [3.63, 3.8) is 0 Å². The molecular weight excluding hydrogens is 184 g/mol. The lowest BCUT2D eigenvalue weighted by atomic mass is 9.98. The van der Waals surface area contributed by atoms with Gasteiger partial charge in [0.1, 0.15) is 0 Å². The van der Waals surface area contributed by atoms with Crippen LogP contribution in [0.1, 0.15) is 31.7 Å². The average Bonchev–Trinajstić information content (AvgIpc) is 2.68. The predicted molar refractivity (Wildman–Crippen MR) is 64.9 cm³/mol. The topological polar surface area (TPSA) is 29.3 Å². The summed E-state index contributed by atoms with van der Waals surface area (Å²) in [5.41, 5.74) is 7.99. The number of nitrogens with two attached hydrogens (primary N) is 1. The lowest BCUT2D eigenvalue weighted by Crippen LogP contribution is -2.27. The van der Waals surface area contributed by atoms with E-state index in [1.807, 2.05) is 12.1 Å². The van der Waals surface area contributed by atoms with Crippen LogP contribution >= 0.6 is 0 Å². The summed E-state index contributed by atoms with van der Waals surface area (Å²) >= 11 is 0. The van der Waals surface area contributed by atoms with Crippen LogP contribution in [-0.4, -0.2) is 24.0 Å². The number of likely N-dealkylation sites (tertiary alicyclic amines) is 1. The Kier molecular flexibility index (Phi) is 2.96. The van der Waals surface area contributed by atoms with Gasteiger partial charge in [-0.3, -0.25) is 0 Å². The minimum Gasteiger partial charge on any atom is -0.399 e. The standard InChI is InChI=1S/C13H20N2/c1-10(2)15-8-7-12(9-15)11-3-5-13(14)6-4-11/h3-6,10,12H,7-9,14H2,1-2H3/t12-/m0/s1. The first kappa shape index (κ1) is 10.5. The zero-order valence-corrected chi connectivity index (χ0v) is 9.61. The molecular formula is C13H20N2. The molecule has 0 spiro atoms. The van der Waals surface area contributed by atoms with Gasteiger partial charge in [0.05, 0.1) is 0 Å². The second kappa shape index (κ2) is 4.23. The Balaban J connectivity index is 2.04. The van der Waals surface area contributed by atoms with Gasteiger partial charge in [-0.15, -0.1) is 0 Å². The first-order valence-electron chi connectivity index (χ1n) is 5.76. The van der Waals surface area contributed by atoms with Crippen molar-refractivity contribution in [1.82, 2.24) is 4.90 Å². The number of rotatable bonds is 2. The van der Waals surface area contributed by atoms with Crippen LogP contribution < -0.4 is 5.73 Å². The molecule has 1 fully saturated rings. The van der Waals surface area contributed by atoms with Crippen LogP contribution in [0.25, 0.3) is 0 Å². The highest BCUT2D eigenvalue weighted by Crippen LogP contribution is 2.28. The van der Waals surface area contributed by atoms with Crippen molar-refractivity contribution in [2.75, 3.05) is 18.8 Å². The molecule has 0 radical (unpaired) electrons. The molecule has 82 valence electrons. The zero-order valence-electron chi connectivity index (χ0n) is 9.61. The van der Waals surface area contributed by atoms with E-state index >= 15 is 0 Å². The summed E-state index contributed by atoms with van der Waals surface area (Å²) in [7, 11) is 0. The molecule has 2 N–H and O–H groups in total. The summed E-state index contributed by atoms with van der Waals surface area (Å²) in [4.78, 5) is 2.54. The van der Waals surface area contributed by atoms with Crippen LogP contribution in [0.15, 0.2) is 24.3 Å². The van der Waals surface area contributed by atoms with Crippen molar-refractivity contribution < 1.29 is 0 Å². The van der Waals surface area contributed by atoms with E-state index < -0.39 is 0 Å². The summed E-state index contributed by atoms with van der Waals surface area (Å²) in [5.74, 6) is 0.702. The third-order valence-corrected chi connectivity index (χ3v) is 3.36. The summed E-state index contributed by atoms with van der Waals surface area (Å²) in [5, 5.41) is 0. The van der Waals surface area contributed by atoms with Crippen molar-refractivity contribution in [1.29, 1.82) is 0 Å². The second-order valence-corrected chi connectivity index (χ2v) is 4.74. The van der Waals surface area contributed by atoms with E-state index in [4.69, 9.17) is 5.73 Å². The van der Waals surface area contributed by atoms with Crippen LogP contribution in [-0.2, 0) is 0 Å². The highest BCUT2D eigenvalue weighted by atomic mass is 15.2. The van der Waals surface area contributed by atoms with Gasteiger partial charge in [0, 0.05) is 18.3 Å². The number of anilines is 1. The molecule has 0 aromatic heterocycles. The quantitative estimate of drug-likeness (QED) is 0.750. The largest absolute Gasteiger partial charge is 0.399 e. The number of nitrogens with zero attached hydrogens (tertiary/aromatic N) is 1. The minimum atomic E-state index is 0.670. The van der Waals surface area contributed by atoms with E-state index in [0.717, 1.165) is 5.69 Å². The van der Waals surface area contributed by atoms with Crippen molar-refractivity contribution in [3.05, 3.63) is 29.8 Å². The number of hydrogen-bond donors (Lipinski definition) is 1. The summed E-state index contributed by atoms with van der Waals surface area (Å²) in [6.07, 6.45) is 1.28. The smallest absolute Gasteiger partial charge is 0.0314 e. The molecule has 1 atom stereocenters. The Labute approximate surface area is 92.1 Å². The Hall–Kier alpha value is -1.02. The normalized spacial score (nSPS) is 22.5. The second-order valence-electron chi connectivity index (χ2n) is 4.74. The molecule has 0 unspecified atom stereocenters. The Morgan fingerprint density at radius 1 is 1.27 bits per heavy atom. The molecule has 1 aromatic carbocycles. The molecule has 0 aliphatic carbocycles. The van der Waals surface area contributed by atoms with Crippen LogP contribution in [0.2, 0.25) is 0 Å². The van der Waals surface area contributed by atoms with Gasteiger partial charge in [-0.1, -0.05) is 12.1 Å². The van der Waals surface area contributed by atoms with Gasteiger partial charge in [0.25, 0.3) is 0 Å². The maximum Gasteiger partial charge on any atom is 0.0314 e. The molecule has 2 rings (SSSR count). The fourth-order valence-corrected chi connectivity index (χ4v) is 2.30.